The van der Waals surface area contributed by atoms with Crippen LogP contribution in [0.1, 0.15) is 25.5 Å². The third-order valence-corrected chi connectivity index (χ3v) is 3.48. The summed E-state index contributed by atoms with van der Waals surface area (Å²) >= 11 is 0. The minimum Gasteiger partial charge on any atom is -0.384 e. The summed E-state index contributed by atoms with van der Waals surface area (Å²) in [7, 11) is -3.19. The van der Waals surface area contributed by atoms with Crippen LogP contribution in [0, 0.1) is 0 Å². The average Bonchev–Trinajstić information content (AvgIpc) is 2.24. The second-order valence-corrected chi connectivity index (χ2v) is 5.47. The molecule has 6 heteroatoms. The van der Waals surface area contributed by atoms with Crippen LogP contribution in [0.15, 0.2) is 18.2 Å². The Morgan fingerprint density at radius 2 is 2.19 bits per heavy atom. The average molecular weight is 243 g/mol. The Hall–Kier alpha value is -1.14. The largest absolute Gasteiger partial charge is 0.384 e. The number of nitrogen functional groups attached to an aromatic ring is 1. The number of sulfonamides is 1. The summed E-state index contributed by atoms with van der Waals surface area (Å²) < 4.78 is 25.4. The first-order valence-corrected chi connectivity index (χ1v) is 6.87. The Bertz CT molecular complexity index is 431. The Balaban J connectivity index is 2.51. The zero-order valence-electron chi connectivity index (χ0n) is 9.31. The lowest BCUT2D eigenvalue weighted by Crippen LogP contribution is -2.26. The van der Waals surface area contributed by atoms with Crippen molar-refractivity contribution in [1.29, 1.82) is 0 Å². The Morgan fingerprint density at radius 1 is 1.44 bits per heavy atom. The lowest BCUT2D eigenvalue weighted by molar-refractivity contribution is 0.577. The van der Waals surface area contributed by atoms with E-state index in [0.29, 0.717) is 17.9 Å². The fourth-order valence-corrected chi connectivity index (χ4v) is 2.37. The fourth-order valence-electron chi connectivity index (χ4n) is 1.19. The normalized spacial score (nSPS) is 11.6. The molecule has 0 aromatic carbocycles. The van der Waals surface area contributed by atoms with Gasteiger partial charge in [0.25, 0.3) is 0 Å². The Morgan fingerprint density at radius 3 is 2.81 bits per heavy atom. The van der Waals surface area contributed by atoms with E-state index in [2.05, 4.69) is 9.71 Å². The van der Waals surface area contributed by atoms with Crippen LogP contribution in [-0.2, 0) is 16.6 Å². The van der Waals surface area contributed by atoms with Crippen molar-refractivity contribution in [1.82, 2.24) is 9.71 Å². The quantitative estimate of drug-likeness (QED) is 0.776. The van der Waals surface area contributed by atoms with Gasteiger partial charge >= 0.3 is 0 Å². The van der Waals surface area contributed by atoms with E-state index in [1.165, 1.54) is 0 Å². The Labute approximate surface area is 96.1 Å². The van der Waals surface area contributed by atoms with Gasteiger partial charge in [0, 0.05) is 0 Å². The van der Waals surface area contributed by atoms with Crippen molar-refractivity contribution in [2.24, 2.45) is 0 Å². The second kappa shape index (κ2) is 5.81. The number of nitrogens with two attached hydrogens (primary N) is 1. The van der Waals surface area contributed by atoms with E-state index in [1.54, 1.807) is 18.2 Å². The monoisotopic (exact) mass is 243 g/mol. The minimum absolute atomic E-state index is 0.159. The summed E-state index contributed by atoms with van der Waals surface area (Å²) in [6.07, 6.45) is 1.52. The molecule has 0 atom stereocenters. The molecule has 1 aromatic rings. The number of unbranched alkanes of at least 4 members (excludes halogenated alkanes) is 1. The molecule has 1 rings (SSSR count). The van der Waals surface area contributed by atoms with Gasteiger partial charge in [-0.1, -0.05) is 19.4 Å². The summed E-state index contributed by atoms with van der Waals surface area (Å²) in [5, 5.41) is 0. The van der Waals surface area contributed by atoms with Gasteiger partial charge in [-0.3, -0.25) is 0 Å². The van der Waals surface area contributed by atoms with E-state index in [1.807, 2.05) is 6.92 Å². The van der Waals surface area contributed by atoms with E-state index in [-0.39, 0.29) is 12.3 Å². The highest BCUT2D eigenvalue weighted by Crippen LogP contribution is 2.01. The lowest BCUT2D eigenvalue weighted by Gasteiger charge is -2.05. The zero-order chi connectivity index (χ0) is 12.0. The molecule has 1 heterocycles. The van der Waals surface area contributed by atoms with Crippen molar-refractivity contribution >= 4 is 15.8 Å². The van der Waals surface area contributed by atoms with Crippen LogP contribution in [0.2, 0.25) is 0 Å². The van der Waals surface area contributed by atoms with Gasteiger partial charge in [-0.2, -0.15) is 0 Å². The summed E-state index contributed by atoms with van der Waals surface area (Å²) in [5.41, 5.74) is 6.11. The zero-order valence-corrected chi connectivity index (χ0v) is 10.1. The van der Waals surface area contributed by atoms with Crippen LogP contribution in [0.4, 0.5) is 5.82 Å². The number of pyridine rings is 1. The van der Waals surface area contributed by atoms with E-state index < -0.39 is 10.0 Å². The van der Waals surface area contributed by atoms with Gasteiger partial charge in [-0.25, -0.2) is 18.1 Å². The highest BCUT2D eigenvalue weighted by molar-refractivity contribution is 7.89. The van der Waals surface area contributed by atoms with Gasteiger partial charge < -0.3 is 5.73 Å². The summed E-state index contributed by atoms with van der Waals surface area (Å²) in [6, 6.07) is 5.14. The maximum atomic E-state index is 11.5. The van der Waals surface area contributed by atoms with Crippen molar-refractivity contribution in [3.05, 3.63) is 23.9 Å². The first kappa shape index (κ1) is 12.9. The first-order valence-electron chi connectivity index (χ1n) is 5.22. The van der Waals surface area contributed by atoms with Gasteiger partial charge in [0.15, 0.2) is 0 Å². The third-order valence-electron chi connectivity index (χ3n) is 2.07. The molecular formula is C10H17N3O2S. The number of aromatic nitrogens is 1. The van der Waals surface area contributed by atoms with Crippen molar-refractivity contribution in [2.75, 3.05) is 11.5 Å². The van der Waals surface area contributed by atoms with Gasteiger partial charge in [0.1, 0.15) is 5.82 Å². The maximum Gasteiger partial charge on any atom is 0.211 e. The molecule has 0 aliphatic heterocycles. The minimum atomic E-state index is -3.19. The number of hydrogen-bond acceptors (Lipinski definition) is 4. The molecule has 0 bridgehead atoms. The molecule has 0 amide bonds. The lowest BCUT2D eigenvalue weighted by atomic mass is 10.3. The van der Waals surface area contributed by atoms with E-state index in [9.17, 15) is 8.42 Å². The molecule has 0 aliphatic rings. The van der Waals surface area contributed by atoms with Crippen LogP contribution >= 0.6 is 0 Å². The van der Waals surface area contributed by atoms with E-state index >= 15 is 0 Å². The van der Waals surface area contributed by atoms with Crippen LogP contribution in [0.3, 0.4) is 0 Å². The SMILES string of the molecule is CCCCS(=O)(=O)NCc1cccc(N)n1. The first-order chi connectivity index (χ1) is 7.53. The molecule has 1 aromatic heterocycles. The van der Waals surface area contributed by atoms with Crippen molar-refractivity contribution in [3.63, 3.8) is 0 Å². The molecule has 5 nitrogen and oxygen atoms in total. The molecule has 0 saturated carbocycles. The fraction of sp³-hybridized carbons (Fsp3) is 0.500. The summed E-state index contributed by atoms with van der Waals surface area (Å²) in [6.45, 7) is 2.14. The molecule has 3 N–H and O–H groups in total. The number of anilines is 1. The Kier molecular flexibility index (Phi) is 4.70. The highest BCUT2D eigenvalue weighted by Gasteiger charge is 2.09. The van der Waals surface area contributed by atoms with Gasteiger partial charge in [-0.15, -0.1) is 0 Å². The molecule has 16 heavy (non-hydrogen) atoms. The van der Waals surface area contributed by atoms with Gasteiger partial charge in [-0.05, 0) is 18.6 Å². The van der Waals surface area contributed by atoms with Gasteiger partial charge in [0.05, 0.1) is 18.0 Å². The van der Waals surface area contributed by atoms with Gasteiger partial charge in [0.2, 0.25) is 10.0 Å². The number of nitrogens with zero attached hydrogens (tertiary/aromatic N) is 1. The number of nitrogens with one attached hydrogen (secondary N) is 1. The maximum absolute atomic E-state index is 11.5. The standard InChI is InChI=1S/C10H17N3O2S/c1-2-3-7-16(14,15)12-8-9-5-4-6-10(11)13-9/h4-6,12H,2-3,7-8H2,1H3,(H2,11,13). The topological polar surface area (TPSA) is 85.1 Å². The second-order valence-electron chi connectivity index (χ2n) is 3.55. The van der Waals surface area contributed by atoms with Crippen molar-refractivity contribution in [3.8, 4) is 0 Å². The predicted molar refractivity (Wildman–Crippen MR) is 64.2 cm³/mol. The predicted octanol–water partition coefficient (Wildman–Crippen LogP) is 0.883. The molecule has 0 saturated heterocycles. The summed E-state index contributed by atoms with van der Waals surface area (Å²) in [5.74, 6) is 0.552. The van der Waals surface area contributed by atoms with E-state index in [4.69, 9.17) is 5.73 Å². The molecule has 0 unspecified atom stereocenters. The molecule has 0 fully saturated rings. The van der Waals surface area contributed by atoms with Crippen LogP contribution in [0.5, 0.6) is 0 Å². The molecule has 0 aliphatic carbocycles. The van der Waals surface area contributed by atoms with E-state index in [0.717, 1.165) is 6.42 Å². The van der Waals surface area contributed by atoms with Crippen LogP contribution < -0.4 is 10.5 Å². The summed E-state index contributed by atoms with van der Waals surface area (Å²) in [4.78, 5) is 4.01. The number of rotatable bonds is 6. The molecule has 0 radical (unpaired) electrons. The van der Waals surface area contributed by atoms with Crippen molar-refractivity contribution < 1.29 is 8.42 Å². The smallest absolute Gasteiger partial charge is 0.211 e. The van der Waals surface area contributed by atoms with Crippen molar-refractivity contribution in [2.45, 2.75) is 26.3 Å². The van der Waals surface area contributed by atoms with Crippen LogP contribution in [0.25, 0.3) is 0 Å². The molecule has 90 valence electrons. The molecular weight excluding hydrogens is 226 g/mol. The highest BCUT2D eigenvalue weighted by atomic mass is 32.2. The van der Waals surface area contributed by atoms with Crippen LogP contribution in [-0.4, -0.2) is 19.2 Å². The molecule has 0 spiro atoms. The third kappa shape index (κ3) is 4.59. The number of hydrogen-bond donors (Lipinski definition) is 2.